The predicted molar refractivity (Wildman–Crippen MR) is 53.3 cm³/mol. The first-order valence-electron chi connectivity index (χ1n) is 4.82. The van der Waals surface area contributed by atoms with E-state index in [0.717, 1.165) is 12.5 Å². The fraction of sp³-hybridized carbons (Fsp3) is 0.800. The second-order valence-corrected chi connectivity index (χ2v) is 4.79. The summed E-state index contributed by atoms with van der Waals surface area (Å²) in [7, 11) is 0. The van der Waals surface area contributed by atoms with E-state index < -0.39 is 0 Å². The molecule has 1 heterocycles. The SMILES string of the molecule is C(OCC1CSC1)=C1CCCC1. The Bertz CT molecular complexity index is 165. The van der Waals surface area contributed by atoms with E-state index in [2.05, 4.69) is 0 Å². The fourth-order valence-electron chi connectivity index (χ4n) is 1.63. The van der Waals surface area contributed by atoms with Crippen LogP contribution in [0, 0.1) is 5.92 Å². The van der Waals surface area contributed by atoms with E-state index >= 15 is 0 Å². The van der Waals surface area contributed by atoms with Crippen LogP contribution in [0.4, 0.5) is 0 Å². The summed E-state index contributed by atoms with van der Waals surface area (Å²) in [6.45, 7) is 0.955. The zero-order chi connectivity index (χ0) is 8.23. The molecule has 0 aromatic heterocycles. The Kier molecular flexibility index (Phi) is 2.98. The summed E-state index contributed by atoms with van der Waals surface area (Å²) in [6.07, 6.45) is 7.32. The molecule has 2 heteroatoms. The Balaban J connectivity index is 1.62. The van der Waals surface area contributed by atoms with Crippen molar-refractivity contribution in [3.05, 3.63) is 11.8 Å². The van der Waals surface area contributed by atoms with E-state index in [9.17, 15) is 0 Å². The molecule has 1 aliphatic carbocycles. The molecule has 2 rings (SSSR count). The first-order chi connectivity index (χ1) is 5.95. The van der Waals surface area contributed by atoms with Crippen LogP contribution in [-0.2, 0) is 4.74 Å². The molecule has 0 aromatic rings. The highest BCUT2D eigenvalue weighted by molar-refractivity contribution is 8.00. The number of hydrogen-bond donors (Lipinski definition) is 0. The van der Waals surface area contributed by atoms with Crippen molar-refractivity contribution in [3.8, 4) is 0 Å². The molecule has 2 aliphatic rings. The van der Waals surface area contributed by atoms with Crippen LogP contribution in [0.5, 0.6) is 0 Å². The molecule has 2 fully saturated rings. The average Bonchev–Trinajstić information content (AvgIpc) is 2.46. The van der Waals surface area contributed by atoms with Gasteiger partial charge in [0.05, 0.1) is 12.9 Å². The van der Waals surface area contributed by atoms with Crippen molar-refractivity contribution in [3.63, 3.8) is 0 Å². The lowest BCUT2D eigenvalue weighted by Gasteiger charge is -2.23. The normalized spacial score (nSPS) is 23.8. The third-order valence-electron chi connectivity index (χ3n) is 2.53. The molecule has 0 amide bonds. The van der Waals surface area contributed by atoms with Gasteiger partial charge in [-0.1, -0.05) is 0 Å². The summed E-state index contributed by atoms with van der Waals surface area (Å²) >= 11 is 2.03. The van der Waals surface area contributed by atoms with Gasteiger partial charge in [-0.15, -0.1) is 0 Å². The highest BCUT2D eigenvalue weighted by atomic mass is 32.2. The van der Waals surface area contributed by atoms with Crippen molar-refractivity contribution in [2.45, 2.75) is 25.7 Å². The van der Waals surface area contributed by atoms with E-state index in [1.54, 1.807) is 0 Å². The van der Waals surface area contributed by atoms with Crippen molar-refractivity contribution in [2.75, 3.05) is 18.1 Å². The highest BCUT2D eigenvalue weighted by Crippen LogP contribution is 2.26. The Labute approximate surface area is 78.6 Å². The minimum Gasteiger partial charge on any atom is -0.501 e. The van der Waals surface area contributed by atoms with Crippen molar-refractivity contribution < 1.29 is 4.74 Å². The number of hydrogen-bond acceptors (Lipinski definition) is 2. The van der Waals surface area contributed by atoms with Crippen molar-refractivity contribution in [2.24, 2.45) is 5.92 Å². The molecule has 1 nitrogen and oxygen atoms in total. The highest BCUT2D eigenvalue weighted by Gasteiger charge is 2.18. The van der Waals surface area contributed by atoms with Gasteiger partial charge in [0.2, 0.25) is 0 Å². The van der Waals surface area contributed by atoms with Gasteiger partial charge in [-0.25, -0.2) is 0 Å². The minimum atomic E-state index is 0.841. The monoisotopic (exact) mass is 184 g/mol. The second-order valence-electron chi connectivity index (χ2n) is 3.72. The van der Waals surface area contributed by atoms with Gasteiger partial charge in [0.1, 0.15) is 0 Å². The lowest BCUT2D eigenvalue weighted by molar-refractivity contribution is 0.207. The molecular formula is C10H16OS. The van der Waals surface area contributed by atoms with Crippen LogP contribution < -0.4 is 0 Å². The Hall–Kier alpha value is -0.110. The van der Waals surface area contributed by atoms with E-state index in [1.807, 2.05) is 18.0 Å². The smallest absolute Gasteiger partial charge is 0.0917 e. The van der Waals surface area contributed by atoms with Crippen LogP contribution in [0.3, 0.4) is 0 Å². The molecule has 12 heavy (non-hydrogen) atoms. The summed E-state index contributed by atoms with van der Waals surface area (Å²) < 4.78 is 5.55. The average molecular weight is 184 g/mol. The molecule has 1 saturated carbocycles. The summed E-state index contributed by atoms with van der Waals surface area (Å²) in [5.41, 5.74) is 1.53. The third kappa shape index (κ3) is 2.19. The zero-order valence-electron chi connectivity index (χ0n) is 7.42. The van der Waals surface area contributed by atoms with Crippen molar-refractivity contribution in [1.82, 2.24) is 0 Å². The molecule has 0 radical (unpaired) electrons. The van der Waals surface area contributed by atoms with Gasteiger partial charge >= 0.3 is 0 Å². The minimum absolute atomic E-state index is 0.841. The summed E-state index contributed by atoms with van der Waals surface area (Å²) in [6, 6.07) is 0. The second kappa shape index (κ2) is 4.22. The Morgan fingerprint density at radius 3 is 2.67 bits per heavy atom. The van der Waals surface area contributed by atoms with Gasteiger partial charge in [-0.2, -0.15) is 11.8 Å². The van der Waals surface area contributed by atoms with Crippen molar-refractivity contribution in [1.29, 1.82) is 0 Å². The van der Waals surface area contributed by atoms with Gasteiger partial charge in [0.25, 0.3) is 0 Å². The van der Waals surface area contributed by atoms with Crippen molar-refractivity contribution >= 4 is 11.8 Å². The first-order valence-corrected chi connectivity index (χ1v) is 5.98. The number of allylic oxidation sites excluding steroid dienone is 1. The van der Waals surface area contributed by atoms with E-state index in [4.69, 9.17) is 4.74 Å². The number of ether oxygens (including phenoxy) is 1. The third-order valence-corrected chi connectivity index (χ3v) is 3.95. The Morgan fingerprint density at radius 1 is 1.33 bits per heavy atom. The lowest BCUT2D eigenvalue weighted by atomic mass is 10.2. The van der Waals surface area contributed by atoms with Crippen LogP contribution in [0.25, 0.3) is 0 Å². The van der Waals surface area contributed by atoms with E-state index in [1.165, 1.54) is 42.8 Å². The first kappa shape index (κ1) is 8.49. The van der Waals surface area contributed by atoms with Gasteiger partial charge in [0, 0.05) is 17.4 Å². The molecular weight excluding hydrogens is 168 g/mol. The van der Waals surface area contributed by atoms with Gasteiger partial charge < -0.3 is 4.74 Å². The maximum absolute atomic E-state index is 5.55. The maximum Gasteiger partial charge on any atom is 0.0917 e. The lowest BCUT2D eigenvalue weighted by Crippen LogP contribution is -2.22. The topological polar surface area (TPSA) is 9.23 Å². The number of thioether (sulfide) groups is 1. The quantitative estimate of drug-likeness (QED) is 0.624. The molecule has 1 saturated heterocycles. The van der Waals surface area contributed by atoms with E-state index in [-0.39, 0.29) is 0 Å². The zero-order valence-corrected chi connectivity index (χ0v) is 8.24. The van der Waals surface area contributed by atoms with Gasteiger partial charge in [0.15, 0.2) is 0 Å². The maximum atomic E-state index is 5.55. The predicted octanol–water partition coefficient (Wildman–Crippen LogP) is 2.82. The molecule has 0 aromatic carbocycles. The molecule has 0 spiro atoms. The van der Waals surface area contributed by atoms with Gasteiger partial charge in [-0.05, 0) is 31.3 Å². The van der Waals surface area contributed by atoms with Crippen LogP contribution in [0.15, 0.2) is 11.8 Å². The Morgan fingerprint density at radius 2 is 2.08 bits per heavy atom. The summed E-state index contributed by atoms with van der Waals surface area (Å²) in [4.78, 5) is 0. The molecule has 0 atom stereocenters. The van der Waals surface area contributed by atoms with Crippen LogP contribution in [0.1, 0.15) is 25.7 Å². The largest absolute Gasteiger partial charge is 0.501 e. The molecule has 68 valence electrons. The van der Waals surface area contributed by atoms with Crippen LogP contribution in [0.2, 0.25) is 0 Å². The van der Waals surface area contributed by atoms with Gasteiger partial charge in [-0.3, -0.25) is 0 Å². The summed E-state index contributed by atoms with van der Waals surface area (Å²) in [5, 5.41) is 0. The standard InChI is InChI=1S/C10H16OS/c1-2-4-9(3-1)5-11-6-10-7-12-8-10/h5,10H,1-4,6-8H2. The molecule has 0 N–H and O–H groups in total. The fourth-order valence-corrected chi connectivity index (χ4v) is 2.39. The van der Waals surface area contributed by atoms with Crippen LogP contribution >= 0.6 is 11.8 Å². The van der Waals surface area contributed by atoms with E-state index in [0.29, 0.717) is 0 Å². The molecule has 0 bridgehead atoms. The van der Waals surface area contributed by atoms with Crippen LogP contribution in [-0.4, -0.2) is 18.1 Å². The molecule has 0 unspecified atom stereocenters. The number of rotatable bonds is 3. The molecule has 1 aliphatic heterocycles. The summed E-state index contributed by atoms with van der Waals surface area (Å²) in [5.74, 6) is 3.46.